The Balaban J connectivity index is 1.75. The molecule has 0 aliphatic heterocycles. The molecule has 1 saturated carbocycles. The number of nitrogens with two attached hydrogens (primary N) is 1. The van der Waals surface area contributed by atoms with Gasteiger partial charge in [-0.3, -0.25) is 14.4 Å². The van der Waals surface area contributed by atoms with Gasteiger partial charge in [0.25, 0.3) is 0 Å². The van der Waals surface area contributed by atoms with E-state index in [0.717, 1.165) is 31.2 Å². The Morgan fingerprint density at radius 3 is 2.23 bits per heavy atom. The summed E-state index contributed by atoms with van der Waals surface area (Å²) >= 11 is 1.42. The predicted molar refractivity (Wildman–Crippen MR) is 180 cm³/mol. The van der Waals surface area contributed by atoms with Crippen LogP contribution in [0.2, 0.25) is 0 Å². The maximum absolute atomic E-state index is 13.8. The lowest BCUT2D eigenvalue weighted by molar-refractivity contribution is -0.131. The van der Waals surface area contributed by atoms with Crippen LogP contribution in [0, 0.1) is 5.92 Å². The molecule has 258 valence electrons. The second-order valence-corrected chi connectivity index (χ2v) is 14.1. The van der Waals surface area contributed by atoms with Crippen molar-refractivity contribution in [3.63, 3.8) is 0 Å². The second kappa shape index (κ2) is 19.2. The number of benzene rings is 1. The summed E-state index contributed by atoms with van der Waals surface area (Å²) in [5.74, 6) is -0.881. The van der Waals surface area contributed by atoms with E-state index >= 15 is 0 Å². The van der Waals surface area contributed by atoms with E-state index in [9.17, 15) is 24.3 Å². The van der Waals surface area contributed by atoms with Crippen LogP contribution in [-0.2, 0) is 25.5 Å². The van der Waals surface area contributed by atoms with Gasteiger partial charge >= 0.3 is 6.09 Å². The van der Waals surface area contributed by atoms with Crippen LogP contribution in [0.1, 0.15) is 84.1 Å². The summed E-state index contributed by atoms with van der Waals surface area (Å²) in [6, 6.07) is 8.10. The summed E-state index contributed by atoms with van der Waals surface area (Å²) < 4.78 is 5.39. The highest BCUT2D eigenvalue weighted by atomic mass is 32.2. The fraction of sp³-hybridized carbons (Fsp3) is 0.588. The number of carbonyl (C=O) groups excluding carboxylic acids is 4. The summed E-state index contributed by atoms with van der Waals surface area (Å²) in [6.45, 7) is 5.15. The monoisotopic (exact) mass is 670 g/mol. The molecular weight excluding hydrogens is 620 g/mol. The van der Waals surface area contributed by atoms with Crippen molar-refractivity contribution >= 4 is 35.6 Å². The highest BCUT2D eigenvalue weighted by molar-refractivity contribution is 7.99. The Labute approximate surface area is 281 Å². The Bertz CT molecular complexity index is 1270. The van der Waals surface area contributed by atoms with Crippen molar-refractivity contribution in [1.82, 2.24) is 25.9 Å². The number of thioether (sulfide) groups is 1. The van der Waals surface area contributed by atoms with Crippen LogP contribution in [0.4, 0.5) is 4.79 Å². The van der Waals surface area contributed by atoms with Crippen LogP contribution in [0.25, 0.3) is 0 Å². The lowest BCUT2D eigenvalue weighted by atomic mass is 9.83. The van der Waals surface area contributed by atoms with Crippen molar-refractivity contribution < 1.29 is 29.0 Å². The SMILES string of the molecule is CC(C)(C)OC(=O)N[C@@H](Cc1ccccc1)C(=O)N[C@@H](CCC(N)=O)C(=O)N[C@@H](CC1CCCCC1)[C@@H](O)CCSc1ncccn1. The fourth-order valence-electron chi connectivity index (χ4n) is 5.55. The minimum Gasteiger partial charge on any atom is -0.444 e. The zero-order valence-electron chi connectivity index (χ0n) is 27.7. The first-order chi connectivity index (χ1) is 22.4. The fourth-order valence-corrected chi connectivity index (χ4v) is 6.36. The zero-order valence-corrected chi connectivity index (χ0v) is 28.5. The van der Waals surface area contributed by atoms with Gasteiger partial charge < -0.3 is 31.5 Å². The van der Waals surface area contributed by atoms with E-state index in [4.69, 9.17) is 10.5 Å². The van der Waals surface area contributed by atoms with E-state index < -0.39 is 53.6 Å². The summed E-state index contributed by atoms with van der Waals surface area (Å²) in [7, 11) is 0. The van der Waals surface area contributed by atoms with Crippen molar-refractivity contribution in [1.29, 1.82) is 0 Å². The number of rotatable bonds is 17. The van der Waals surface area contributed by atoms with Gasteiger partial charge in [0.1, 0.15) is 17.7 Å². The van der Waals surface area contributed by atoms with Gasteiger partial charge in [0.2, 0.25) is 17.7 Å². The first-order valence-corrected chi connectivity index (χ1v) is 17.4. The molecule has 0 bridgehead atoms. The normalized spacial score (nSPS) is 16.3. The van der Waals surface area contributed by atoms with E-state index in [1.165, 1.54) is 18.2 Å². The van der Waals surface area contributed by atoms with Gasteiger partial charge in [-0.1, -0.05) is 74.2 Å². The number of alkyl carbamates (subject to hydrolysis) is 1. The minimum absolute atomic E-state index is 0.0508. The molecule has 4 atom stereocenters. The molecule has 1 aliphatic carbocycles. The number of nitrogens with one attached hydrogen (secondary N) is 3. The quantitative estimate of drug-likeness (QED) is 0.124. The number of primary amides is 1. The number of aliphatic hydroxyl groups is 1. The minimum atomic E-state index is -1.14. The zero-order chi connectivity index (χ0) is 34.2. The molecule has 0 radical (unpaired) electrons. The molecule has 2 aromatic rings. The van der Waals surface area contributed by atoms with Gasteiger partial charge in [0.05, 0.1) is 12.1 Å². The molecule has 1 fully saturated rings. The number of hydrogen-bond donors (Lipinski definition) is 5. The molecule has 12 nitrogen and oxygen atoms in total. The molecule has 4 amide bonds. The average molecular weight is 671 g/mol. The standard InChI is InChI=1S/C34H50N6O6S/c1-34(2,3)46-33(45)40-27(22-24-13-8-5-9-14-24)31(44)38-25(15-16-29(35)42)30(43)39-26(21-23-11-6-4-7-12-23)28(41)17-20-47-32-36-18-10-19-37-32/h5,8-10,13-14,18-19,23,25-28,41H,4,6-7,11-12,15-17,20-22H2,1-3H3,(H2,35,42)(H,38,44)(H,39,43)(H,40,45)/t25-,26-,27-,28-/m0/s1. The molecule has 3 rings (SSSR count). The number of amides is 4. The van der Waals surface area contributed by atoms with Crippen molar-refractivity contribution in [2.45, 2.75) is 120 Å². The third-order valence-electron chi connectivity index (χ3n) is 7.89. The lowest BCUT2D eigenvalue weighted by Gasteiger charge is -2.32. The van der Waals surface area contributed by atoms with Crippen LogP contribution in [0.15, 0.2) is 53.9 Å². The first-order valence-electron chi connectivity index (χ1n) is 16.4. The summed E-state index contributed by atoms with van der Waals surface area (Å²) in [4.78, 5) is 60.4. The Morgan fingerprint density at radius 1 is 0.936 bits per heavy atom. The van der Waals surface area contributed by atoms with Gasteiger partial charge in [-0.25, -0.2) is 14.8 Å². The highest BCUT2D eigenvalue weighted by Gasteiger charge is 2.32. The van der Waals surface area contributed by atoms with Gasteiger partial charge in [-0.15, -0.1) is 0 Å². The van der Waals surface area contributed by atoms with E-state index in [1.54, 1.807) is 39.2 Å². The molecule has 1 aliphatic rings. The van der Waals surface area contributed by atoms with Gasteiger partial charge in [-0.2, -0.15) is 0 Å². The largest absolute Gasteiger partial charge is 0.444 e. The maximum atomic E-state index is 13.8. The molecule has 13 heteroatoms. The average Bonchev–Trinajstić information content (AvgIpc) is 3.02. The molecule has 1 aromatic carbocycles. The van der Waals surface area contributed by atoms with Crippen molar-refractivity contribution in [3.8, 4) is 0 Å². The van der Waals surface area contributed by atoms with Crippen molar-refractivity contribution in [2.75, 3.05) is 5.75 Å². The molecule has 0 saturated heterocycles. The van der Waals surface area contributed by atoms with E-state index in [2.05, 4.69) is 25.9 Å². The Morgan fingerprint density at radius 2 is 1.60 bits per heavy atom. The molecule has 1 aromatic heterocycles. The third kappa shape index (κ3) is 14.7. The van der Waals surface area contributed by atoms with Crippen LogP contribution in [-0.4, -0.2) is 74.5 Å². The highest BCUT2D eigenvalue weighted by Crippen LogP contribution is 2.29. The number of hydrogen-bond acceptors (Lipinski definition) is 9. The van der Waals surface area contributed by atoms with E-state index in [1.807, 2.05) is 30.3 Å². The van der Waals surface area contributed by atoms with Crippen molar-refractivity contribution in [3.05, 3.63) is 54.4 Å². The molecule has 1 heterocycles. The molecule has 6 N–H and O–H groups in total. The Kier molecular flexibility index (Phi) is 15.4. The number of aromatic nitrogens is 2. The van der Waals surface area contributed by atoms with Crippen LogP contribution >= 0.6 is 11.8 Å². The summed E-state index contributed by atoms with van der Waals surface area (Å²) in [6.07, 6.45) is 8.02. The van der Waals surface area contributed by atoms with Crippen LogP contribution in [0.5, 0.6) is 0 Å². The van der Waals surface area contributed by atoms with Crippen LogP contribution in [0.3, 0.4) is 0 Å². The topological polar surface area (TPSA) is 186 Å². The molecular formula is C34H50N6O6S. The second-order valence-electron chi connectivity index (χ2n) is 13.0. The van der Waals surface area contributed by atoms with Gasteiger partial charge in [-0.05, 0) is 57.6 Å². The smallest absolute Gasteiger partial charge is 0.408 e. The number of aliphatic hydroxyl groups excluding tert-OH is 1. The maximum Gasteiger partial charge on any atom is 0.408 e. The number of ether oxygens (including phenoxy) is 1. The first kappa shape index (κ1) is 37.7. The van der Waals surface area contributed by atoms with Gasteiger partial charge in [0.15, 0.2) is 5.16 Å². The molecule has 0 spiro atoms. The number of carbonyl (C=O) groups is 4. The summed E-state index contributed by atoms with van der Waals surface area (Å²) in [5, 5.41) is 20.3. The Hall–Kier alpha value is -3.71. The third-order valence-corrected chi connectivity index (χ3v) is 8.80. The molecule has 47 heavy (non-hydrogen) atoms. The molecule has 0 unspecified atom stereocenters. The van der Waals surface area contributed by atoms with E-state index in [-0.39, 0.29) is 19.3 Å². The predicted octanol–water partition coefficient (Wildman–Crippen LogP) is 3.66. The van der Waals surface area contributed by atoms with E-state index in [0.29, 0.717) is 29.7 Å². The van der Waals surface area contributed by atoms with Crippen molar-refractivity contribution in [2.24, 2.45) is 11.7 Å². The van der Waals surface area contributed by atoms with Crippen LogP contribution < -0.4 is 21.7 Å². The summed E-state index contributed by atoms with van der Waals surface area (Å²) in [5.41, 5.74) is 5.42. The lowest BCUT2D eigenvalue weighted by Crippen LogP contribution is -2.57. The number of nitrogens with zero attached hydrogens (tertiary/aromatic N) is 2. The van der Waals surface area contributed by atoms with Gasteiger partial charge in [0, 0.05) is 31.0 Å².